The van der Waals surface area contributed by atoms with E-state index in [0.29, 0.717) is 5.17 Å². The number of nitrogens with zero attached hydrogens (tertiary/aromatic N) is 3. The first-order chi connectivity index (χ1) is 9.83. The van der Waals surface area contributed by atoms with Gasteiger partial charge in [0.25, 0.3) is 0 Å². The highest BCUT2D eigenvalue weighted by Gasteiger charge is 2.33. The van der Waals surface area contributed by atoms with Gasteiger partial charge in [-0.1, -0.05) is 54.1 Å². The van der Waals surface area contributed by atoms with Gasteiger partial charge in [0.2, 0.25) is 0 Å². The van der Waals surface area contributed by atoms with Crippen LogP contribution in [0.25, 0.3) is 0 Å². The first-order valence-electron chi connectivity index (χ1n) is 6.57. The van der Waals surface area contributed by atoms with Crippen molar-refractivity contribution in [1.82, 2.24) is 0 Å². The molecule has 4 rings (SSSR count). The first kappa shape index (κ1) is 11.7. The molecule has 0 saturated carbocycles. The Kier molecular flexibility index (Phi) is 2.60. The lowest BCUT2D eigenvalue weighted by Gasteiger charge is -2.25. The van der Waals surface area contributed by atoms with E-state index in [2.05, 4.69) is 28.1 Å². The van der Waals surface area contributed by atoms with E-state index in [4.69, 9.17) is 16.6 Å². The number of rotatable bonds is 1. The molecule has 0 saturated heterocycles. The predicted octanol–water partition coefficient (Wildman–Crippen LogP) is 3.93. The molecule has 2 aromatic rings. The van der Waals surface area contributed by atoms with E-state index in [1.54, 1.807) is 0 Å². The summed E-state index contributed by atoms with van der Waals surface area (Å²) in [6.45, 7) is 0.808. The average molecular weight is 282 g/mol. The number of hydrogen-bond acceptors (Lipinski definition) is 3. The largest absolute Gasteiger partial charge is 0.320 e. The zero-order chi connectivity index (χ0) is 13.5. The number of para-hydroxylation sites is 2. The van der Waals surface area contributed by atoms with Gasteiger partial charge in [0.1, 0.15) is 0 Å². The maximum Gasteiger partial charge on any atom is 0.172 e. The van der Waals surface area contributed by atoms with Crippen LogP contribution < -0.4 is 4.90 Å². The molecule has 2 aliphatic rings. The van der Waals surface area contributed by atoms with Crippen molar-refractivity contribution in [3.63, 3.8) is 0 Å². The second kappa shape index (κ2) is 4.46. The number of hydrogen-bond donors (Lipinski definition) is 0. The lowest BCUT2D eigenvalue weighted by molar-refractivity contribution is 0.781. The van der Waals surface area contributed by atoms with Gasteiger partial charge in [-0.3, -0.25) is 4.99 Å². The fourth-order valence-electron chi connectivity index (χ4n) is 2.69. The Morgan fingerprint density at radius 2 is 1.75 bits per heavy atom. The summed E-state index contributed by atoms with van der Waals surface area (Å²) in [5.74, 6) is 0.777. The van der Waals surface area contributed by atoms with Crippen LogP contribution in [-0.2, 0) is 0 Å². The molecule has 0 bridgehead atoms. The molecule has 0 amide bonds. The van der Waals surface area contributed by atoms with Crippen molar-refractivity contribution in [2.45, 2.75) is 6.04 Å². The first-order valence-corrected chi connectivity index (χ1v) is 6.94. The summed E-state index contributed by atoms with van der Waals surface area (Å²) >= 11 is 6.28. The molecule has 4 heteroatoms. The number of amidine groups is 1. The van der Waals surface area contributed by atoms with E-state index < -0.39 is 0 Å². The Morgan fingerprint density at radius 1 is 1.00 bits per heavy atom. The number of halogens is 1. The average Bonchev–Trinajstić information content (AvgIpc) is 2.94. The van der Waals surface area contributed by atoms with Gasteiger partial charge >= 0.3 is 0 Å². The quantitative estimate of drug-likeness (QED) is 0.778. The van der Waals surface area contributed by atoms with Crippen LogP contribution in [0.1, 0.15) is 11.6 Å². The molecule has 1 unspecified atom stereocenters. The SMILES string of the molecule is ClC1=Nc2ccccc2N2CC(c3ccccc3)N=C12. The minimum absolute atomic E-state index is 0.112. The summed E-state index contributed by atoms with van der Waals surface area (Å²) < 4.78 is 0. The Morgan fingerprint density at radius 3 is 2.60 bits per heavy atom. The molecular weight excluding hydrogens is 270 g/mol. The van der Waals surface area contributed by atoms with E-state index in [9.17, 15) is 0 Å². The predicted molar refractivity (Wildman–Crippen MR) is 83.4 cm³/mol. The van der Waals surface area contributed by atoms with E-state index in [0.717, 1.165) is 23.8 Å². The number of fused-ring (bicyclic) bond motifs is 3. The highest BCUT2D eigenvalue weighted by atomic mass is 35.5. The van der Waals surface area contributed by atoms with Crippen LogP contribution in [0, 0.1) is 0 Å². The molecule has 0 aromatic heterocycles. The molecule has 20 heavy (non-hydrogen) atoms. The van der Waals surface area contributed by atoms with Gasteiger partial charge in [-0.05, 0) is 17.7 Å². The third kappa shape index (κ3) is 1.74. The highest BCUT2D eigenvalue weighted by Crippen LogP contribution is 2.38. The van der Waals surface area contributed by atoms with Gasteiger partial charge in [0, 0.05) is 0 Å². The summed E-state index contributed by atoms with van der Waals surface area (Å²) in [5, 5.41) is 0.474. The number of benzene rings is 2. The summed E-state index contributed by atoms with van der Waals surface area (Å²) in [6.07, 6.45) is 0. The van der Waals surface area contributed by atoms with Crippen molar-refractivity contribution in [2.24, 2.45) is 9.98 Å². The van der Waals surface area contributed by atoms with E-state index in [-0.39, 0.29) is 6.04 Å². The molecular formula is C16H12ClN3. The van der Waals surface area contributed by atoms with Crippen LogP contribution >= 0.6 is 11.6 Å². The topological polar surface area (TPSA) is 28.0 Å². The fraction of sp³-hybridized carbons (Fsp3) is 0.125. The van der Waals surface area contributed by atoms with Crippen molar-refractivity contribution in [1.29, 1.82) is 0 Å². The molecule has 0 radical (unpaired) electrons. The monoisotopic (exact) mass is 281 g/mol. The Balaban J connectivity index is 1.78. The number of aliphatic imine (C=N–C) groups is 2. The van der Waals surface area contributed by atoms with Crippen molar-refractivity contribution >= 4 is 34.0 Å². The van der Waals surface area contributed by atoms with Crippen molar-refractivity contribution in [3.8, 4) is 0 Å². The zero-order valence-corrected chi connectivity index (χ0v) is 11.5. The van der Waals surface area contributed by atoms with E-state index in [1.165, 1.54) is 5.56 Å². The van der Waals surface area contributed by atoms with Gasteiger partial charge in [-0.2, -0.15) is 0 Å². The van der Waals surface area contributed by atoms with Gasteiger partial charge in [-0.25, -0.2) is 4.99 Å². The molecule has 2 aromatic carbocycles. The molecule has 2 aliphatic heterocycles. The Hall–Kier alpha value is -2.13. The smallest absolute Gasteiger partial charge is 0.172 e. The van der Waals surface area contributed by atoms with Crippen LogP contribution in [0.15, 0.2) is 64.6 Å². The van der Waals surface area contributed by atoms with Gasteiger partial charge in [0.05, 0.1) is 24.0 Å². The van der Waals surface area contributed by atoms with Crippen LogP contribution in [0.5, 0.6) is 0 Å². The minimum atomic E-state index is 0.112. The molecule has 0 fully saturated rings. The molecule has 2 heterocycles. The zero-order valence-electron chi connectivity index (χ0n) is 10.7. The molecule has 98 valence electrons. The summed E-state index contributed by atoms with van der Waals surface area (Å²) in [4.78, 5) is 11.3. The maximum absolute atomic E-state index is 6.28. The second-order valence-corrected chi connectivity index (χ2v) is 5.24. The molecule has 0 N–H and O–H groups in total. The second-order valence-electron chi connectivity index (χ2n) is 4.88. The lowest BCUT2D eigenvalue weighted by atomic mass is 10.1. The Labute approximate surface area is 122 Å². The molecule has 1 atom stereocenters. The summed E-state index contributed by atoms with van der Waals surface area (Å²) in [6, 6.07) is 18.4. The normalized spacial score (nSPS) is 20.1. The van der Waals surface area contributed by atoms with Crippen LogP contribution in [-0.4, -0.2) is 17.6 Å². The van der Waals surface area contributed by atoms with Crippen molar-refractivity contribution in [2.75, 3.05) is 11.4 Å². The summed E-state index contributed by atoms with van der Waals surface area (Å²) in [7, 11) is 0. The van der Waals surface area contributed by atoms with Crippen LogP contribution in [0.4, 0.5) is 11.4 Å². The minimum Gasteiger partial charge on any atom is -0.320 e. The van der Waals surface area contributed by atoms with Gasteiger partial charge in [0.15, 0.2) is 11.0 Å². The molecule has 0 spiro atoms. The third-order valence-electron chi connectivity index (χ3n) is 3.65. The van der Waals surface area contributed by atoms with Crippen molar-refractivity contribution in [3.05, 3.63) is 60.2 Å². The third-order valence-corrected chi connectivity index (χ3v) is 3.90. The Bertz CT molecular complexity index is 722. The fourth-order valence-corrected chi connectivity index (χ4v) is 2.93. The summed E-state index contributed by atoms with van der Waals surface area (Å²) in [5.41, 5.74) is 3.19. The van der Waals surface area contributed by atoms with E-state index in [1.807, 2.05) is 36.4 Å². The molecule has 3 nitrogen and oxygen atoms in total. The van der Waals surface area contributed by atoms with Gasteiger partial charge < -0.3 is 4.90 Å². The number of anilines is 1. The van der Waals surface area contributed by atoms with E-state index >= 15 is 0 Å². The van der Waals surface area contributed by atoms with Crippen molar-refractivity contribution < 1.29 is 0 Å². The standard InChI is InChI=1S/C16H12ClN3/c17-15-16-19-13(11-6-2-1-3-7-11)10-20(16)14-9-5-4-8-12(14)18-15/h1-9,13H,10H2. The van der Waals surface area contributed by atoms with Gasteiger partial charge in [-0.15, -0.1) is 0 Å². The molecule has 0 aliphatic carbocycles. The van der Waals surface area contributed by atoms with Crippen LogP contribution in [0.3, 0.4) is 0 Å². The maximum atomic E-state index is 6.28. The lowest BCUT2D eigenvalue weighted by Crippen LogP contribution is -2.33. The highest BCUT2D eigenvalue weighted by molar-refractivity contribution is 6.85. The van der Waals surface area contributed by atoms with Crippen LogP contribution in [0.2, 0.25) is 0 Å².